The standard InChI is InChI=1S/C22H20O/c1-23-18-17-22(19-11-5-2-6-12-19,20-13-7-3-8-14-20)21-15-9-4-10-16-21/h2-18H,1H3/b18-17-. The van der Waals surface area contributed by atoms with E-state index < -0.39 is 0 Å². The molecule has 0 saturated heterocycles. The van der Waals surface area contributed by atoms with Gasteiger partial charge in [-0.15, -0.1) is 0 Å². The molecular weight excluding hydrogens is 280 g/mol. The van der Waals surface area contributed by atoms with E-state index in [-0.39, 0.29) is 5.41 Å². The molecule has 0 atom stereocenters. The highest BCUT2D eigenvalue weighted by molar-refractivity contribution is 5.54. The van der Waals surface area contributed by atoms with Crippen molar-refractivity contribution in [2.24, 2.45) is 0 Å². The largest absolute Gasteiger partial charge is 0.505 e. The van der Waals surface area contributed by atoms with Gasteiger partial charge in [-0.05, 0) is 22.8 Å². The van der Waals surface area contributed by atoms with Crippen molar-refractivity contribution < 1.29 is 4.74 Å². The van der Waals surface area contributed by atoms with Gasteiger partial charge in [0.2, 0.25) is 0 Å². The molecule has 0 aliphatic carbocycles. The van der Waals surface area contributed by atoms with Gasteiger partial charge in [0.1, 0.15) is 0 Å². The molecule has 0 amide bonds. The van der Waals surface area contributed by atoms with Crippen LogP contribution in [0.3, 0.4) is 0 Å². The molecule has 3 aromatic rings. The first-order valence-corrected chi connectivity index (χ1v) is 7.75. The first-order chi connectivity index (χ1) is 11.4. The molecule has 0 radical (unpaired) electrons. The average molecular weight is 300 g/mol. The lowest BCUT2D eigenvalue weighted by Gasteiger charge is -2.32. The Morgan fingerprint density at radius 2 is 0.957 bits per heavy atom. The molecule has 0 aliphatic heterocycles. The molecule has 1 nitrogen and oxygen atoms in total. The predicted octanol–water partition coefficient (Wildman–Crippen LogP) is 5.18. The number of hydrogen-bond donors (Lipinski definition) is 0. The molecular formula is C22H20O. The molecule has 0 aromatic heterocycles. The van der Waals surface area contributed by atoms with Crippen LogP contribution in [-0.2, 0) is 10.2 Å². The predicted molar refractivity (Wildman–Crippen MR) is 95.4 cm³/mol. The van der Waals surface area contributed by atoms with Crippen molar-refractivity contribution in [2.45, 2.75) is 5.41 Å². The first-order valence-electron chi connectivity index (χ1n) is 7.75. The van der Waals surface area contributed by atoms with Crippen molar-refractivity contribution in [3.05, 3.63) is 120 Å². The zero-order chi connectivity index (χ0) is 16.0. The van der Waals surface area contributed by atoms with E-state index in [4.69, 9.17) is 4.74 Å². The highest BCUT2D eigenvalue weighted by Gasteiger charge is 2.33. The minimum absolute atomic E-state index is 0.375. The van der Waals surface area contributed by atoms with E-state index in [1.807, 2.05) is 18.2 Å². The van der Waals surface area contributed by atoms with Gasteiger partial charge in [-0.2, -0.15) is 0 Å². The third-order valence-corrected chi connectivity index (χ3v) is 4.14. The normalized spacial score (nSPS) is 11.5. The van der Waals surface area contributed by atoms with Crippen LogP contribution in [0.4, 0.5) is 0 Å². The first kappa shape index (κ1) is 15.1. The lowest BCUT2D eigenvalue weighted by molar-refractivity contribution is 0.334. The van der Waals surface area contributed by atoms with Crippen LogP contribution in [0.2, 0.25) is 0 Å². The van der Waals surface area contributed by atoms with Crippen molar-refractivity contribution >= 4 is 0 Å². The van der Waals surface area contributed by atoms with Gasteiger partial charge < -0.3 is 4.74 Å². The van der Waals surface area contributed by atoms with Crippen molar-refractivity contribution in [1.29, 1.82) is 0 Å². The van der Waals surface area contributed by atoms with Crippen LogP contribution in [0.25, 0.3) is 0 Å². The Morgan fingerprint density at radius 1 is 0.609 bits per heavy atom. The fourth-order valence-electron chi connectivity index (χ4n) is 3.06. The summed E-state index contributed by atoms with van der Waals surface area (Å²) in [5.74, 6) is 0. The number of allylic oxidation sites excluding steroid dienone is 1. The third kappa shape index (κ3) is 2.91. The van der Waals surface area contributed by atoms with E-state index in [0.29, 0.717) is 0 Å². The molecule has 0 spiro atoms. The van der Waals surface area contributed by atoms with Gasteiger partial charge in [-0.1, -0.05) is 91.0 Å². The maximum Gasteiger partial charge on any atom is 0.0800 e. The van der Waals surface area contributed by atoms with E-state index in [9.17, 15) is 0 Å². The highest BCUT2D eigenvalue weighted by Crippen LogP contribution is 2.40. The Hall–Kier alpha value is -2.80. The van der Waals surface area contributed by atoms with E-state index in [1.54, 1.807) is 13.4 Å². The summed E-state index contributed by atoms with van der Waals surface area (Å²) < 4.78 is 5.28. The summed E-state index contributed by atoms with van der Waals surface area (Å²) in [6, 6.07) is 31.6. The molecule has 0 aliphatic rings. The second-order valence-corrected chi connectivity index (χ2v) is 5.44. The number of methoxy groups -OCH3 is 1. The SMILES string of the molecule is CO/C=C\C(c1ccccc1)(c1ccccc1)c1ccccc1. The van der Waals surface area contributed by atoms with Crippen molar-refractivity contribution in [1.82, 2.24) is 0 Å². The monoisotopic (exact) mass is 300 g/mol. The second kappa shape index (κ2) is 6.97. The van der Waals surface area contributed by atoms with E-state index in [1.165, 1.54) is 16.7 Å². The third-order valence-electron chi connectivity index (χ3n) is 4.14. The number of benzene rings is 3. The maximum atomic E-state index is 5.28. The summed E-state index contributed by atoms with van der Waals surface area (Å²) in [5.41, 5.74) is 3.27. The fourth-order valence-corrected chi connectivity index (χ4v) is 3.06. The van der Waals surface area contributed by atoms with Crippen LogP contribution < -0.4 is 0 Å². The van der Waals surface area contributed by atoms with Crippen molar-refractivity contribution in [3.63, 3.8) is 0 Å². The Kier molecular flexibility index (Phi) is 4.58. The van der Waals surface area contributed by atoms with Crippen LogP contribution in [0.1, 0.15) is 16.7 Å². The maximum absolute atomic E-state index is 5.28. The molecule has 0 saturated carbocycles. The Labute approximate surface area is 137 Å². The van der Waals surface area contributed by atoms with Crippen molar-refractivity contribution in [2.75, 3.05) is 7.11 Å². The van der Waals surface area contributed by atoms with Gasteiger partial charge in [0, 0.05) is 0 Å². The quantitative estimate of drug-likeness (QED) is 0.466. The molecule has 0 heterocycles. The fraction of sp³-hybridized carbons (Fsp3) is 0.0909. The van der Waals surface area contributed by atoms with E-state index >= 15 is 0 Å². The highest BCUT2D eigenvalue weighted by atomic mass is 16.5. The zero-order valence-corrected chi connectivity index (χ0v) is 13.2. The molecule has 0 bridgehead atoms. The summed E-state index contributed by atoms with van der Waals surface area (Å²) in [7, 11) is 1.68. The summed E-state index contributed by atoms with van der Waals surface area (Å²) >= 11 is 0. The molecule has 3 aromatic carbocycles. The molecule has 114 valence electrons. The van der Waals surface area contributed by atoms with Crippen LogP contribution in [0.5, 0.6) is 0 Å². The van der Waals surface area contributed by atoms with E-state index in [0.717, 1.165) is 0 Å². The summed E-state index contributed by atoms with van der Waals surface area (Å²) in [6.45, 7) is 0. The smallest absolute Gasteiger partial charge is 0.0800 e. The van der Waals surface area contributed by atoms with Crippen LogP contribution in [-0.4, -0.2) is 7.11 Å². The molecule has 3 rings (SSSR count). The van der Waals surface area contributed by atoms with E-state index in [2.05, 4.69) is 78.9 Å². The number of ether oxygens (including phenoxy) is 1. The average Bonchev–Trinajstić information content (AvgIpc) is 2.65. The molecule has 0 unspecified atom stereocenters. The lowest BCUT2D eigenvalue weighted by atomic mass is 9.69. The summed E-state index contributed by atoms with van der Waals surface area (Å²) in [6.07, 6.45) is 3.90. The Bertz CT molecular complexity index is 649. The van der Waals surface area contributed by atoms with Gasteiger partial charge >= 0.3 is 0 Å². The molecule has 0 fully saturated rings. The van der Waals surface area contributed by atoms with Gasteiger partial charge in [0.05, 0.1) is 18.8 Å². The second-order valence-electron chi connectivity index (χ2n) is 5.44. The summed E-state index contributed by atoms with van der Waals surface area (Å²) in [5, 5.41) is 0. The van der Waals surface area contributed by atoms with Gasteiger partial charge in [0.15, 0.2) is 0 Å². The zero-order valence-electron chi connectivity index (χ0n) is 13.2. The van der Waals surface area contributed by atoms with Gasteiger partial charge in [-0.25, -0.2) is 0 Å². The molecule has 23 heavy (non-hydrogen) atoms. The van der Waals surface area contributed by atoms with Crippen LogP contribution in [0.15, 0.2) is 103 Å². The number of hydrogen-bond acceptors (Lipinski definition) is 1. The van der Waals surface area contributed by atoms with Crippen LogP contribution >= 0.6 is 0 Å². The lowest BCUT2D eigenvalue weighted by Crippen LogP contribution is -2.27. The molecule has 0 N–H and O–H groups in total. The molecule has 1 heteroatoms. The Balaban J connectivity index is 2.33. The van der Waals surface area contributed by atoms with Crippen molar-refractivity contribution in [3.8, 4) is 0 Å². The topological polar surface area (TPSA) is 9.23 Å². The minimum atomic E-state index is -0.375. The van der Waals surface area contributed by atoms with Crippen LogP contribution in [0, 0.1) is 0 Å². The number of rotatable bonds is 5. The summed E-state index contributed by atoms with van der Waals surface area (Å²) in [4.78, 5) is 0. The van der Waals surface area contributed by atoms with Gasteiger partial charge in [0.25, 0.3) is 0 Å². The minimum Gasteiger partial charge on any atom is -0.505 e. The van der Waals surface area contributed by atoms with Gasteiger partial charge in [-0.3, -0.25) is 0 Å². The Morgan fingerprint density at radius 3 is 1.26 bits per heavy atom.